The van der Waals surface area contributed by atoms with Crippen LogP contribution in [0.25, 0.3) is 0 Å². The molecule has 2 rings (SSSR count). The molecule has 0 radical (unpaired) electrons. The Kier molecular flexibility index (Phi) is 3.79. The molecule has 1 aliphatic rings. The maximum Gasteiger partial charge on any atom is 0.126 e. The van der Waals surface area contributed by atoms with Crippen LogP contribution in [0, 0.1) is 5.82 Å². The van der Waals surface area contributed by atoms with Crippen molar-refractivity contribution in [2.24, 2.45) is 0 Å². The molecule has 1 aromatic rings. The summed E-state index contributed by atoms with van der Waals surface area (Å²) >= 11 is 5.84. The molecule has 88 valence electrons. The number of nitrogens with zero attached hydrogens (tertiary/aromatic N) is 1. The van der Waals surface area contributed by atoms with Gasteiger partial charge in [-0.1, -0.05) is 11.6 Å². The number of likely N-dealkylation sites (N-methyl/N-ethyl adjacent to an activating group) is 1. The Hall–Kier alpha value is -0.640. The highest BCUT2D eigenvalue weighted by Gasteiger charge is 2.21. The van der Waals surface area contributed by atoms with E-state index in [0.717, 1.165) is 19.6 Å². The molecule has 0 atom stereocenters. The van der Waals surface area contributed by atoms with E-state index in [-0.39, 0.29) is 5.82 Å². The van der Waals surface area contributed by atoms with Crippen LogP contribution in [0.5, 0.6) is 0 Å². The van der Waals surface area contributed by atoms with E-state index in [1.54, 1.807) is 12.1 Å². The Morgan fingerprint density at radius 3 is 2.88 bits per heavy atom. The molecule has 1 aliphatic heterocycles. The Morgan fingerprint density at radius 1 is 1.50 bits per heavy atom. The summed E-state index contributed by atoms with van der Waals surface area (Å²) in [5.41, 5.74) is 0.701. The molecule has 2 nitrogen and oxygen atoms in total. The molecule has 0 aromatic heterocycles. The van der Waals surface area contributed by atoms with Crippen molar-refractivity contribution in [1.82, 2.24) is 10.2 Å². The van der Waals surface area contributed by atoms with Gasteiger partial charge < -0.3 is 10.2 Å². The number of hydrogen-bond donors (Lipinski definition) is 1. The van der Waals surface area contributed by atoms with Crippen molar-refractivity contribution in [3.8, 4) is 0 Å². The van der Waals surface area contributed by atoms with Crippen molar-refractivity contribution in [3.63, 3.8) is 0 Å². The highest BCUT2D eigenvalue weighted by atomic mass is 35.5. The minimum Gasteiger partial charge on any atom is -0.314 e. The summed E-state index contributed by atoms with van der Waals surface area (Å²) < 4.78 is 13.4. The highest BCUT2D eigenvalue weighted by molar-refractivity contribution is 6.30. The lowest BCUT2D eigenvalue weighted by Crippen LogP contribution is -2.56. The van der Waals surface area contributed by atoms with Gasteiger partial charge in [-0.25, -0.2) is 4.39 Å². The van der Waals surface area contributed by atoms with E-state index < -0.39 is 0 Å². The fourth-order valence-electron chi connectivity index (χ4n) is 1.80. The second-order valence-electron chi connectivity index (χ2n) is 4.28. The Balaban J connectivity index is 1.90. The van der Waals surface area contributed by atoms with Gasteiger partial charge in [0.2, 0.25) is 0 Å². The zero-order valence-corrected chi connectivity index (χ0v) is 10.1. The van der Waals surface area contributed by atoms with E-state index in [0.29, 0.717) is 23.0 Å². The van der Waals surface area contributed by atoms with E-state index in [1.165, 1.54) is 6.07 Å². The van der Waals surface area contributed by atoms with E-state index in [1.807, 2.05) is 0 Å². The first-order valence-corrected chi connectivity index (χ1v) is 5.89. The molecular formula is C12H16ClFN2. The molecule has 0 bridgehead atoms. The van der Waals surface area contributed by atoms with E-state index in [2.05, 4.69) is 17.3 Å². The maximum atomic E-state index is 13.4. The molecule has 0 aliphatic carbocycles. The molecule has 0 spiro atoms. The fourth-order valence-corrected chi connectivity index (χ4v) is 1.99. The van der Waals surface area contributed by atoms with Crippen LogP contribution < -0.4 is 5.32 Å². The predicted octanol–water partition coefficient (Wildman–Crippen LogP) is 1.93. The number of benzene rings is 1. The topological polar surface area (TPSA) is 15.3 Å². The second kappa shape index (κ2) is 5.13. The van der Waals surface area contributed by atoms with Gasteiger partial charge in [0.15, 0.2) is 0 Å². The van der Waals surface area contributed by atoms with Crippen LogP contribution in [0.4, 0.5) is 4.39 Å². The van der Waals surface area contributed by atoms with Crippen LogP contribution in [-0.4, -0.2) is 37.6 Å². The van der Waals surface area contributed by atoms with Crippen molar-refractivity contribution in [3.05, 3.63) is 34.6 Å². The van der Waals surface area contributed by atoms with Crippen molar-refractivity contribution in [2.75, 3.05) is 26.7 Å². The van der Waals surface area contributed by atoms with E-state index in [9.17, 15) is 4.39 Å². The van der Waals surface area contributed by atoms with Crippen molar-refractivity contribution in [2.45, 2.75) is 12.5 Å². The molecule has 1 saturated heterocycles. The van der Waals surface area contributed by atoms with Crippen molar-refractivity contribution in [1.29, 1.82) is 0 Å². The SMILES string of the molecule is CN(CCc1cc(Cl)ccc1F)C1CNC1. The molecule has 0 unspecified atom stereocenters. The summed E-state index contributed by atoms with van der Waals surface area (Å²) in [7, 11) is 2.08. The van der Waals surface area contributed by atoms with Gasteiger partial charge in [0.1, 0.15) is 5.82 Å². The summed E-state index contributed by atoms with van der Waals surface area (Å²) in [6.45, 7) is 2.94. The summed E-state index contributed by atoms with van der Waals surface area (Å²) in [6.07, 6.45) is 0.708. The molecule has 16 heavy (non-hydrogen) atoms. The normalized spacial score (nSPS) is 16.5. The first-order valence-electron chi connectivity index (χ1n) is 5.51. The molecule has 4 heteroatoms. The van der Waals surface area contributed by atoms with Crippen LogP contribution in [0.3, 0.4) is 0 Å². The number of hydrogen-bond acceptors (Lipinski definition) is 2. The van der Waals surface area contributed by atoms with Crippen molar-refractivity contribution >= 4 is 11.6 Å². The lowest BCUT2D eigenvalue weighted by molar-refractivity contribution is 0.182. The van der Waals surface area contributed by atoms with Gasteiger partial charge in [-0.3, -0.25) is 0 Å². The summed E-state index contributed by atoms with van der Waals surface area (Å²) in [5, 5.41) is 3.83. The van der Waals surface area contributed by atoms with E-state index in [4.69, 9.17) is 11.6 Å². The Morgan fingerprint density at radius 2 is 2.25 bits per heavy atom. The fraction of sp³-hybridized carbons (Fsp3) is 0.500. The third kappa shape index (κ3) is 2.73. The molecule has 1 N–H and O–H groups in total. The zero-order valence-electron chi connectivity index (χ0n) is 9.34. The zero-order chi connectivity index (χ0) is 11.5. The van der Waals surface area contributed by atoms with Gasteiger partial charge >= 0.3 is 0 Å². The average molecular weight is 243 g/mol. The van der Waals surface area contributed by atoms with E-state index >= 15 is 0 Å². The summed E-state index contributed by atoms with van der Waals surface area (Å²) in [6, 6.07) is 5.33. The first kappa shape index (κ1) is 11.8. The number of rotatable bonds is 4. The molecule has 1 aromatic carbocycles. The standard InChI is InChI=1S/C12H16ClFN2/c1-16(11-7-15-8-11)5-4-9-6-10(13)2-3-12(9)14/h2-3,6,11,15H,4-5,7-8H2,1H3. The lowest BCUT2D eigenvalue weighted by atomic mass is 10.1. The van der Waals surface area contributed by atoms with Crippen LogP contribution in [0.15, 0.2) is 18.2 Å². The number of nitrogens with one attached hydrogen (secondary N) is 1. The van der Waals surface area contributed by atoms with Gasteiger partial charge in [0.25, 0.3) is 0 Å². The molecule has 1 fully saturated rings. The predicted molar refractivity (Wildman–Crippen MR) is 64.4 cm³/mol. The van der Waals surface area contributed by atoms with Gasteiger partial charge in [0.05, 0.1) is 0 Å². The minimum atomic E-state index is -0.162. The minimum absolute atomic E-state index is 0.162. The van der Waals surface area contributed by atoms with Crippen LogP contribution in [0.1, 0.15) is 5.56 Å². The van der Waals surface area contributed by atoms with Crippen LogP contribution in [-0.2, 0) is 6.42 Å². The third-order valence-corrected chi connectivity index (χ3v) is 3.36. The monoisotopic (exact) mass is 242 g/mol. The van der Waals surface area contributed by atoms with Gasteiger partial charge in [-0.05, 0) is 37.2 Å². The van der Waals surface area contributed by atoms with Gasteiger partial charge in [-0.15, -0.1) is 0 Å². The van der Waals surface area contributed by atoms with Gasteiger partial charge in [0, 0.05) is 30.7 Å². The Bertz CT molecular complexity index is 366. The second-order valence-corrected chi connectivity index (χ2v) is 4.71. The van der Waals surface area contributed by atoms with Crippen LogP contribution >= 0.6 is 11.6 Å². The molecule has 0 amide bonds. The lowest BCUT2D eigenvalue weighted by Gasteiger charge is -2.35. The van der Waals surface area contributed by atoms with Gasteiger partial charge in [-0.2, -0.15) is 0 Å². The molecule has 0 saturated carbocycles. The smallest absolute Gasteiger partial charge is 0.126 e. The Labute approximate surface area is 100 Å². The highest BCUT2D eigenvalue weighted by Crippen LogP contribution is 2.16. The summed E-state index contributed by atoms with van der Waals surface area (Å²) in [4.78, 5) is 2.26. The van der Waals surface area contributed by atoms with Crippen LogP contribution in [0.2, 0.25) is 5.02 Å². The molecular weight excluding hydrogens is 227 g/mol. The average Bonchev–Trinajstić information content (AvgIpc) is 2.17. The largest absolute Gasteiger partial charge is 0.314 e. The summed E-state index contributed by atoms with van der Waals surface area (Å²) in [5.74, 6) is -0.162. The maximum absolute atomic E-state index is 13.4. The number of halogens is 2. The third-order valence-electron chi connectivity index (χ3n) is 3.12. The first-order chi connectivity index (χ1) is 7.66. The van der Waals surface area contributed by atoms with Crippen molar-refractivity contribution < 1.29 is 4.39 Å². The molecule has 1 heterocycles. The quantitative estimate of drug-likeness (QED) is 0.868.